The normalized spacial score (nSPS) is 23.9. The van der Waals surface area contributed by atoms with Crippen molar-refractivity contribution < 1.29 is 9.53 Å². The summed E-state index contributed by atoms with van der Waals surface area (Å²) in [6.07, 6.45) is 2.72. The van der Waals surface area contributed by atoms with E-state index in [0.717, 1.165) is 37.9 Å². The number of carbonyl (C=O) groups excluding carboxylic acids is 1. The highest BCUT2D eigenvalue weighted by Gasteiger charge is 2.40. The number of hydrogen-bond acceptors (Lipinski definition) is 3. The molecule has 20 heavy (non-hydrogen) atoms. The summed E-state index contributed by atoms with van der Waals surface area (Å²) < 4.78 is 5.52. The number of nitrogens with one attached hydrogen (secondary N) is 1. The van der Waals surface area contributed by atoms with Crippen molar-refractivity contribution in [3.05, 3.63) is 35.9 Å². The zero-order chi connectivity index (χ0) is 14.6. The van der Waals surface area contributed by atoms with E-state index < -0.39 is 9.02 Å². The zero-order valence-corrected chi connectivity index (χ0v) is 14.3. The van der Waals surface area contributed by atoms with Crippen LogP contribution in [0.25, 0.3) is 0 Å². The second kappa shape index (κ2) is 6.43. The van der Waals surface area contributed by atoms with Gasteiger partial charge in [-0.3, -0.25) is 4.79 Å². The van der Waals surface area contributed by atoms with Crippen LogP contribution in [0.3, 0.4) is 0 Å². The molecule has 2 rings (SSSR count). The number of benzene rings is 1. The first-order chi connectivity index (χ1) is 9.44. The summed E-state index contributed by atoms with van der Waals surface area (Å²) in [6, 6.07) is 10.2. The largest absolute Gasteiger partial charge is 0.453 e. The lowest BCUT2D eigenvalue weighted by Gasteiger charge is -2.35. The van der Waals surface area contributed by atoms with Crippen molar-refractivity contribution in [3.63, 3.8) is 0 Å². The summed E-state index contributed by atoms with van der Waals surface area (Å²) in [6.45, 7) is 5.65. The molecule has 1 unspecified atom stereocenters. The lowest BCUT2D eigenvalue weighted by atomic mass is 9.86. The first-order valence-corrected chi connectivity index (χ1v) is 8.21. The van der Waals surface area contributed by atoms with E-state index in [4.69, 9.17) is 4.74 Å². The lowest BCUT2D eigenvalue weighted by Crippen LogP contribution is -2.39. The van der Waals surface area contributed by atoms with Gasteiger partial charge in [0.25, 0.3) is 0 Å². The van der Waals surface area contributed by atoms with E-state index in [1.165, 1.54) is 0 Å². The molecule has 1 heterocycles. The van der Waals surface area contributed by atoms with Crippen molar-refractivity contribution in [1.82, 2.24) is 5.32 Å². The van der Waals surface area contributed by atoms with Gasteiger partial charge in [0.05, 0.1) is 0 Å². The maximum atomic E-state index is 12.4. The van der Waals surface area contributed by atoms with Crippen molar-refractivity contribution in [3.8, 4) is 0 Å². The summed E-state index contributed by atoms with van der Waals surface area (Å²) >= 11 is 2.14. The van der Waals surface area contributed by atoms with Crippen LogP contribution in [0.1, 0.15) is 38.7 Å². The molecule has 1 fully saturated rings. The number of halogens is 1. The first kappa shape index (κ1) is 15.8. The SMILES string of the molecule is CC(C)(I)C(=O)OC1(c2ccccc2)CCCNCC1. The van der Waals surface area contributed by atoms with Gasteiger partial charge in [-0.2, -0.15) is 0 Å². The van der Waals surface area contributed by atoms with Crippen LogP contribution >= 0.6 is 22.6 Å². The van der Waals surface area contributed by atoms with Gasteiger partial charge in [0.2, 0.25) is 0 Å². The van der Waals surface area contributed by atoms with Crippen LogP contribution < -0.4 is 5.32 Å². The van der Waals surface area contributed by atoms with E-state index in [1.54, 1.807) is 0 Å². The van der Waals surface area contributed by atoms with Crippen molar-refractivity contribution >= 4 is 28.6 Å². The van der Waals surface area contributed by atoms with Gasteiger partial charge >= 0.3 is 5.97 Å². The molecule has 0 spiro atoms. The highest BCUT2D eigenvalue weighted by molar-refractivity contribution is 14.1. The molecule has 110 valence electrons. The summed E-state index contributed by atoms with van der Waals surface area (Å²) in [5.74, 6) is -0.135. The van der Waals surface area contributed by atoms with Gasteiger partial charge < -0.3 is 10.1 Å². The fourth-order valence-corrected chi connectivity index (χ4v) is 2.64. The maximum Gasteiger partial charge on any atom is 0.322 e. The van der Waals surface area contributed by atoms with E-state index in [-0.39, 0.29) is 5.97 Å². The first-order valence-electron chi connectivity index (χ1n) is 7.13. The van der Waals surface area contributed by atoms with E-state index in [1.807, 2.05) is 32.0 Å². The summed E-state index contributed by atoms with van der Waals surface area (Å²) in [5, 5.41) is 3.39. The molecule has 1 aromatic rings. The number of ether oxygens (including phenoxy) is 1. The van der Waals surface area contributed by atoms with Crippen LogP contribution in [0.2, 0.25) is 0 Å². The number of hydrogen-bond donors (Lipinski definition) is 1. The minimum Gasteiger partial charge on any atom is -0.453 e. The second-order valence-electron chi connectivity index (χ2n) is 5.83. The summed E-state index contributed by atoms with van der Waals surface area (Å²) in [5.41, 5.74) is 0.627. The smallest absolute Gasteiger partial charge is 0.322 e. The summed E-state index contributed by atoms with van der Waals surface area (Å²) in [4.78, 5) is 12.4. The van der Waals surface area contributed by atoms with Crippen molar-refractivity contribution in [2.24, 2.45) is 0 Å². The topological polar surface area (TPSA) is 38.3 Å². The highest BCUT2D eigenvalue weighted by atomic mass is 127. The Hall–Kier alpha value is -0.620. The molecule has 1 aliphatic rings. The van der Waals surface area contributed by atoms with Gasteiger partial charge in [-0.1, -0.05) is 52.9 Å². The molecule has 0 radical (unpaired) electrons. The van der Waals surface area contributed by atoms with Gasteiger partial charge in [0.1, 0.15) is 9.02 Å². The maximum absolute atomic E-state index is 12.4. The molecule has 3 nitrogen and oxygen atoms in total. The number of rotatable bonds is 3. The molecular formula is C16H22INO2. The Morgan fingerprint density at radius 3 is 2.60 bits per heavy atom. The third-order valence-electron chi connectivity index (χ3n) is 3.71. The van der Waals surface area contributed by atoms with Crippen LogP contribution in [0.15, 0.2) is 30.3 Å². The Labute approximate surface area is 134 Å². The number of alkyl halides is 1. The Morgan fingerprint density at radius 1 is 1.25 bits per heavy atom. The van der Waals surface area contributed by atoms with Crippen LogP contribution in [-0.2, 0) is 15.1 Å². The predicted molar refractivity (Wildman–Crippen MR) is 89.0 cm³/mol. The van der Waals surface area contributed by atoms with Crippen molar-refractivity contribution in [1.29, 1.82) is 0 Å². The van der Waals surface area contributed by atoms with Crippen molar-refractivity contribution in [2.45, 2.75) is 42.1 Å². The molecule has 1 N–H and O–H groups in total. The van der Waals surface area contributed by atoms with Crippen molar-refractivity contribution in [2.75, 3.05) is 13.1 Å². The van der Waals surface area contributed by atoms with E-state index in [0.29, 0.717) is 0 Å². The van der Waals surface area contributed by atoms with Gasteiger partial charge in [-0.25, -0.2) is 0 Å². The monoisotopic (exact) mass is 387 g/mol. The molecule has 0 saturated carbocycles. The van der Waals surface area contributed by atoms with E-state index in [2.05, 4.69) is 40.0 Å². The third-order valence-corrected chi connectivity index (χ3v) is 4.15. The standard InChI is InChI=1S/C16H22INO2/c1-15(2,17)14(19)20-16(9-6-11-18-12-10-16)13-7-4-3-5-8-13/h3-5,7-8,18H,6,9-12H2,1-2H3. The average Bonchev–Trinajstić information content (AvgIpc) is 2.65. The Balaban J connectivity index is 2.31. The van der Waals surface area contributed by atoms with E-state index >= 15 is 0 Å². The van der Waals surface area contributed by atoms with E-state index in [9.17, 15) is 4.79 Å². The molecule has 1 atom stereocenters. The molecule has 0 bridgehead atoms. The fourth-order valence-electron chi connectivity index (χ4n) is 2.53. The molecular weight excluding hydrogens is 365 g/mol. The van der Waals surface area contributed by atoms with Gasteiger partial charge in [0, 0.05) is 6.42 Å². The minimum atomic E-state index is -0.501. The quantitative estimate of drug-likeness (QED) is 0.491. The van der Waals surface area contributed by atoms with Crippen LogP contribution in [0, 0.1) is 0 Å². The third kappa shape index (κ3) is 3.73. The highest BCUT2D eigenvalue weighted by Crippen LogP contribution is 2.37. The lowest BCUT2D eigenvalue weighted by molar-refractivity contribution is -0.164. The predicted octanol–water partition coefficient (Wildman–Crippen LogP) is 3.41. The molecule has 1 aliphatic heterocycles. The Bertz CT molecular complexity index is 445. The number of esters is 1. The molecule has 0 amide bonds. The van der Waals surface area contributed by atoms with Crippen LogP contribution in [0.5, 0.6) is 0 Å². The molecule has 1 aromatic carbocycles. The van der Waals surface area contributed by atoms with Crippen LogP contribution in [-0.4, -0.2) is 22.5 Å². The summed E-state index contributed by atoms with van der Waals surface area (Å²) in [7, 11) is 0. The molecule has 0 aliphatic carbocycles. The minimum absolute atomic E-state index is 0.135. The van der Waals surface area contributed by atoms with Gasteiger partial charge in [-0.15, -0.1) is 0 Å². The Kier molecular flexibility index (Phi) is 5.07. The Morgan fingerprint density at radius 2 is 1.95 bits per heavy atom. The molecule has 1 saturated heterocycles. The zero-order valence-electron chi connectivity index (χ0n) is 12.1. The fraction of sp³-hybridized carbons (Fsp3) is 0.562. The van der Waals surface area contributed by atoms with Gasteiger partial charge in [-0.05, 0) is 45.3 Å². The second-order valence-corrected chi connectivity index (χ2v) is 8.52. The molecule has 0 aromatic heterocycles. The number of carbonyl (C=O) groups is 1. The molecule has 4 heteroatoms. The van der Waals surface area contributed by atoms with Gasteiger partial charge in [0.15, 0.2) is 0 Å². The average molecular weight is 387 g/mol. The van der Waals surface area contributed by atoms with Crippen LogP contribution in [0.4, 0.5) is 0 Å².